The summed E-state index contributed by atoms with van der Waals surface area (Å²) in [5.41, 5.74) is 3.91. The highest BCUT2D eigenvalue weighted by Crippen LogP contribution is 3.02. The fourth-order valence-corrected chi connectivity index (χ4v) is 4.94. The van der Waals surface area contributed by atoms with Gasteiger partial charge in [-0.15, -0.1) is 0 Å². The van der Waals surface area contributed by atoms with E-state index in [2.05, 4.69) is 5.10 Å². The fraction of sp³-hybridized carbons (Fsp3) is 0.389. The van der Waals surface area contributed by atoms with Crippen molar-refractivity contribution in [1.29, 1.82) is 5.26 Å². The zero-order chi connectivity index (χ0) is 25.0. The van der Waals surface area contributed by atoms with Gasteiger partial charge in [0.15, 0.2) is 5.69 Å². The molecule has 0 spiro atoms. The number of carbonyl (C=O) groups excluding carboxylic acids is 1. The molecule has 3 rings (SSSR count). The number of nitrogens with two attached hydrogens (primary N) is 1. The Labute approximate surface area is 195 Å². The largest absolute Gasteiger partial charge is 0.383 e. The van der Waals surface area contributed by atoms with Gasteiger partial charge in [-0.2, -0.15) is 10.4 Å². The van der Waals surface area contributed by atoms with Crippen molar-refractivity contribution in [2.45, 2.75) is 23.2 Å². The lowest BCUT2D eigenvalue weighted by Crippen LogP contribution is -2.32. The predicted molar refractivity (Wildman–Crippen MR) is 115 cm³/mol. The van der Waals surface area contributed by atoms with Crippen molar-refractivity contribution in [1.82, 2.24) is 9.78 Å². The molecule has 1 aliphatic rings. The number of methoxy groups -OCH3 is 1. The van der Waals surface area contributed by atoms with E-state index in [4.69, 9.17) is 33.7 Å². The molecule has 1 aromatic carbocycles. The first-order valence-electron chi connectivity index (χ1n) is 9.24. The van der Waals surface area contributed by atoms with Crippen LogP contribution in [0.2, 0.25) is 10.0 Å². The molecule has 1 fully saturated rings. The molecule has 7 nitrogen and oxygen atoms in total. The lowest BCUT2D eigenvalue weighted by atomic mass is 9.94. The summed E-state index contributed by atoms with van der Waals surface area (Å²) in [6.07, 6.45) is 0.636. The topological polar surface area (TPSA) is 97.2 Å². The molecule has 182 valence electrons. The van der Waals surface area contributed by atoms with E-state index in [-0.39, 0.29) is 48.0 Å². The third-order valence-electron chi connectivity index (χ3n) is 5.31. The Kier molecular flexibility index (Phi) is 5.66. The van der Waals surface area contributed by atoms with Crippen LogP contribution in [-0.2, 0) is 14.9 Å². The van der Waals surface area contributed by atoms with E-state index < -0.39 is 36.5 Å². The minimum atomic E-state index is -10.1. The number of nitrogens with zero attached hydrogens (tertiary/aromatic N) is 4. The molecule has 1 amide bonds. The van der Waals surface area contributed by atoms with E-state index in [1.54, 1.807) is 7.05 Å². The quantitative estimate of drug-likeness (QED) is 0.464. The Morgan fingerprint density at radius 1 is 1.30 bits per heavy atom. The number of primary amides is 1. The number of likely N-dealkylation sites (N-methyl/N-ethyl adjacent to an activating group) is 1. The van der Waals surface area contributed by atoms with Gasteiger partial charge < -0.3 is 15.4 Å². The number of hydrogen-bond acceptors (Lipinski definition) is 5. The number of aromatic nitrogens is 2. The van der Waals surface area contributed by atoms with Crippen molar-refractivity contribution in [3.05, 3.63) is 33.4 Å². The third kappa shape index (κ3) is 4.57. The Hall–Kier alpha value is -2.27. The first-order valence-corrected chi connectivity index (χ1v) is 11.9. The van der Waals surface area contributed by atoms with Gasteiger partial charge in [-0.25, -0.2) is 4.68 Å². The van der Waals surface area contributed by atoms with Crippen LogP contribution in [-0.4, -0.2) is 43.0 Å². The molecule has 1 aliphatic carbocycles. The van der Waals surface area contributed by atoms with Crippen LogP contribution < -0.4 is 10.6 Å². The van der Waals surface area contributed by atoms with E-state index in [9.17, 15) is 29.5 Å². The van der Waals surface area contributed by atoms with Crippen molar-refractivity contribution in [2.75, 3.05) is 32.2 Å². The molecule has 0 bridgehead atoms. The van der Waals surface area contributed by atoms with Crippen LogP contribution in [0.4, 0.5) is 25.2 Å². The van der Waals surface area contributed by atoms with Gasteiger partial charge >= 0.3 is 10.2 Å². The molecule has 0 radical (unpaired) electrons. The molecule has 0 saturated heterocycles. The third-order valence-corrected chi connectivity index (χ3v) is 7.01. The maximum absolute atomic E-state index is 13.3. The molecule has 0 atom stereocenters. The highest BCUT2D eigenvalue weighted by molar-refractivity contribution is 8.45. The molecule has 0 aliphatic heterocycles. The summed E-state index contributed by atoms with van der Waals surface area (Å²) in [7, 11) is -7.09. The Balaban J connectivity index is 2.34. The van der Waals surface area contributed by atoms with Crippen LogP contribution in [0.25, 0.3) is 5.69 Å². The number of benzene rings is 1. The van der Waals surface area contributed by atoms with E-state index >= 15 is 0 Å². The summed E-state index contributed by atoms with van der Waals surface area (Å²) in [6, 6.07) is 1.95. The van der Waals surface area contributed by atoms with Gasteiger partial charge in [-0.05, 0) is 25.0 Å². The summed E-state index contributed by atoms with van der Waals surface area (Å²) >= 11 is 12.0. The van der Waals surface area contributed by atoms with Gasteiger partial charge in [0.1, 0.15) is 22.5 Å². The van der Waals surface area contributed by atoms with Crippen LogP contribution in [0.15, 0.2) is 17.0 Å². The first-order chi connectivity index (χ1) is 15.0. The second kappa shape index (κ2) is 7.36. The zero-order valence-corrected chi connectivity index (χ0v) is 19.5. The fourth-order valence-electron chi connectivity index (χ4n) is 3.48. The second-order valence-electron chi connectivity index (χ2n) is 7.64. The normalized spacial score (nSPS) is 17.1. The Morgan fingerprint density at radius 3 is 2.24 bits per heavy atom. The van der Waals surface area contributed by atoms with Gasteiger partial charge in [0.2, 0.25) is 5.91 Å². The van der Waals surface area contributed by atoms with Crippen LogP contribution in [0.3, 0.4) is 0 Å². The number of halogens is 7. The number of anilines is 1. The second-order valence-corrected chi connectivity index (χ2v) is 10.9. The summed E-state index contributed by atoms with van der Waals surface area (Å²) in [6.45, 7) is 0.394. The maximum atomic E-state index is 13.3. The molecule has 2 aromatic rings. The Bertz CT molecular complexity index is 1170. The van der Waals surface area contributed by atoms with Crippen LogP contribution in [0.1, 0.15) is 24.1 Å². The van der Waals surface area contributed by atoms with Crippen molar-refractivity contribution >= 4 is 45.2 Å². The molecule has 0 unspecified atom stereocenters. The molecular formula is C18H18Cl2F5N5O2S. The number of ether oxygens (including phenoxy) is 1. The Morgan fingerprint density at radius 2 is 1.85 bits per heavy atom. The smallest absolute Gasteiger partial charge is 0.310 e. The highest BCUT2D eigenvalue weighted by Gasteiger charge is 2.65. The van der Waals surface area contributed by atoms with Crippen molar-refractivity contribution < 1.29 is 29.0 Å². The van der Waals surface area contributed by atoms with Gasteiger partial charge in [-0.1, -0.05) is 42.6 Å². The van der Waals surface area contributed by atoms with Crippen molar-refractivity contribution in [3.63, 3.8) is 0 Å². The number of amides is 1. The summed E-state index contributed by atoms with van der Waals surface area (Å²) < 4.78 is 72.5. The lowest BCUT2D eigenvalue weighted by molar-refractivity contribution is -0.120. The minimum Gasteiger partial charge on any atom is -0.383 e. The predicted octanol–water partition coefficient (Wildman–Crippen LogP) is 5.31. The number of carbonyl (C=O) groups is 1. The number of nitriles is 1. The molecule has 1 aromatic heterocycles. The van der Waals surface area contributed by atoms with Gasteiger partial charge in [-0.3, -0.25) is 4.79 Å². The highest BCUT2D eigenvalue weighted by atomic mass is 35.5. The minimum absolute atomic E-state index is 0.0532. The first kappa shape index (κ1) is 25.4. The standard InChI is InChI=1S/C18H18Cl2F5N5O2S/c1-29(5-6-32-2)16-14(18(3-4-18)17(27)31)13(9-26)28-30(16)15-11(19)7-10(8-12(15)20)33(21,22,23,24)25/h7-8H,3-6H2,1-2H3,(H2,27,31). The average Bonchev–Trinajstić information content (AvgIpc) is 3.39. The average molecular weight is 534 g/mol. The van der Waals surface area contributed by atoms with Gasteiger partial charge in [0.25, 0.3) is 0 Å². The number of rotatable bonds is 8. The van der Waals surface area contributed by atoms with E-state index in [0.717, 1.165) is 4.68 Å². The molecule has 15 heteroatoms. The maximum Gasteiger partial charge on any atom is 0.310 e. The van der Waals surface area contributed by atoms with Crippen molar-refractivity contribution in [2.24, 2.45) is 5.73 Å². The summed E-state index contributed by atoms with van der Waals surface area (Å²) in [5, 5.41) is 12.2. The van der Waals surface area contributed by atoms with E-state index in [1.807, 2.05) is 6.07 Å². The van der Waals surface area contributed by atoms with Crippen LogP contribution >= 0.6 is 33.4 Å². The van der Waals surface area contributed by atoms with Gasteiger partial charge in [0, 0.05) is 26.3 Å². The van der Waals surface area contributed by atoms with Crippen molar-refractivity contribution in [3.8, 4) is 11.8 Å². The summed E-state index contributed by atoms with van der Waals surface area (Å²) in [4.78, 5) is 11.5. The lowest BCUT2D eigenvalue weighted by Gasteiger charge is -2.40. The molecule has 1 heterocycles. The van der Waals surface area contributed by atoms with Gasteiger partial charge in [0.05, 0.1) is 22.1 Å². The van der Waals surface area contributed by atoms with Crippen LogP contribution in [0.5, 0.6) is 0 Å². The molecule has 2 N–H and O–H groups in total. The number of hydrogen-bond donors (Lipinski definition) is 1. The molecule has 1 saturated carbocycles. The monoisotopic (exact) mass is 533 g/mol. The van der Waals surface area contributed by atoms with E-state index in [1.165, 1.54) is 12.0 Å². The zero-order valence-electron chi connectivity index (χ0n) is 17.2. The SMILES string of the molecule is COCCN(C)c1c(C2(C(N)=O)CC2)c(C#N)nn1-c1c(Cl)cc(S(F)(F)(F)(F)F)cc1Cl. The molecular weight excluding hydrogens is 516 g/mol. The van der Waals surface area contributed by atoms with E-state index in [0.29, 0.717) is 12.8 Å². The molecule has 33 heavy (non-hydrogen) atoms. The summed E-state index contributed by atoms with van der Waals surface area (Å²) in [5.74, 6) is -0.614. The van der Waals surface area contributed by atoms with Crippen LogP contribution in [0, 0.1) is 11.3 Å².